The molecule has 0 aromatic heterocycles. The molecule has 0 aliphatic heterocycles. The smallest absolute Gasteiger partial charge is 0.335 e. The SMILES string of the molecule is Cc1cc(NC(=O)N(CC(N)=O)C(C)C)ccc1C(=O)O. The summed E-state index contributed by atoms with van der Waals surface area (Å²) in [6, 6.07) is 3.81. The highest BCUT2D eigenvalue weighted by Crippen LogP contribution is 2.16. The van der Waals surface area contributed by atoms with Crippen LogP contribution in [0.2, 0.25) is 0 Å². The van der Waals surface area contributed by atoms with E-state index in [1.807, 2.05) is 0 Å². The number of carbonyl (C=O) groups excluding carboxylic acids is 2. The van der Waals surface area contributed by atoms with Crippen molar-refractivity contribution >= 4 is 23.6 Å². The molecule has 7 heteroatoms. The Morgan fingerprint density at radius 2 is 1.95 bits per heavy atom. The minimum absolute atomic E-state index is 0.172. The number of nitrogens with zero attached hydrogens (tertiary/aromatic N) is 1. The second-order valence-electron chi connectivity index (χ2n) is 4.95. The maximum atomic E-state index is 12.1. The summed E-state index contributed by atoms with van der Waals surface area (Å²) in [6.45, 7) is 4.99. The monoisotopic (exact) mass is 293 g/mol. The van der Waals surface area contributed by atoms with Crippen LogP contribution in [-0.2, 0) is 4.79 Å². The molecule has 0 spiro atoms. The van der Waals surface area contributed by atoms with Crippen LogP contribution in [0.5, 0.6) is 0 Å². The number of amides is 3. The zero-order valence-electron chi connectivity index (χ0n) is 12.2. The maximum Gasteiger partial charge on any atom is 0.335 e. The molecule has 0 radical (unpaired) electrons. The predicted molar refractivity (Wildman–Crippen MR) is 78.2 cm³/mol. The largest absolute Gasteiger partial charge is 0.478 e. The number of hydrogen-bond donors (Lipinski definition) is 3. The lowest BCUT2D eigenvalue weighted by molar-refractivity contribution is -0.118. The van der Waals surface area contributed by atoms with Gasteiger partial charge in [0.1, 0.15) is 6.54 Å². The van der Waals surface area contributed by atoms with E-state index in [4.69, 9.17) is 10.8 Å². The molecule has 0 fully saturated rings. The van der Waals surface area contributed by atoms with Gasteiger partial charge in [-0.15, -0.1) is 0 Å². The lowest BCUT2D eigenvalue weighted by Crippen LogP contribution is -2.44. The van der Waals surface area contributed by atoms with E-state index in [2.05, 4.69) is 5.32 Å². The molecule has 0 saturated heterocycles. The van der Waals surface area contributed by atoms with Crippen molar-refractivity contribution in [2.75, 3.05) is 11.9 Å². The fourth-order valence-electron chi connectivity index (χ4n) is 1.83. The van der Waals surface area contributed by atoms with Gasteiger partial charge < -0.3 is 21.1 Å². The standard InChI is InChI=1S/C14H19N3O4/c1-8(2)17(7-12(15)18)14(21)16-10-4-5-11(13(19)20)9(3)6-10/h4-6,8H,7H2,1-3H3,(H2,15,18)(H,16,21)(H,19,20). The first-order chi connectivity index (χ1) is 9.72. The maximum absolute atomic E-state index is 12.1. The molecule has 0 aliphatic carbocycles. The lowest BCUT2D eigenvalue weighted by atomic mass is 10.1. The van der Waals surface area contributed by atoms with E-state index in [1.165, 1.54) is 17.0 Å². The minimum atomic E-state index is -1.03. The van der Waals surface area contributed by atoms with Crippen molar-refractivity contribution in [3.63, 3.8) is 0 Å². The molecule has 21 heavy (non-hydrogen) atoms. The summed E-state index contributed by atoms with van der Waals surface area (Å²) >= 11 is 0. The Bertz CT molecular complexity index is 569. The number of carboxylic acids is 1. The Morgan fingerprint density at radius 1 is 1.33 bits per heavy atom. The van der Waals surface area contributed by atoms with Crippen molar-refractivity contribution in [3.8, 4) is 0 Å². The van der Waals surface area contributed by atoms with Gasteiger partial charge in [0.2, 0.25) is 5.91 Å². The molecule has 1 rings (SSSR count). The van der Waals surface area contributed by atoms with Crippen LogP contribution in [-0.4, -0.2) is 40.5 Å². The molecular formula is C14H19N3O4. The summed E-state index contributed by atoms with van der Waals surface area (Å²) in [6.07, 6.45) is 0. The van der Waals surface area contributed by atoms with Crippen molar-refractivity contribution in [1.29, 1.82) is 0 Å². The second kappa shape index (κ2) is 6.74. The van der Waals surface area contributed by atoms with Gasteiger partial charge in [0.05, 0.1) is 5.56 Å². The van der Waals surface area contributed by atoms with Crippen LogP contribution in [0.15, 0.2) is 18.2 Å². The molecule has 0 heterocycles. The van der Waals surface area contributed by atoms with Crippen molar-refractivity contribution < 1.29 is 19.5 Å². The van der Waals surface area contributed by atoms with Crippen LogP contribution >= 0.6 is 0 Å². The zero-order chi connectivity index (χ0) is 16.2. The summed E-state index contributed by atoms with van der Waals surface area (Å²) < 4.78 is 0. The Balaban J connectivity index is 2.89. The van der Waals surface area contributed by atoms with Gasteiger partial charge in [-0.05, 0) is 44.5 Å². The lowest BCUT2D eigenvalue weighted by Gasteiger charge is -2.25. The van der Waals surface area contributed by atoms with Gasteiger partial charge >= 0.3 is 12.0 Å². The van der Waals surface area contributed by atoms with E-state index in [9.17, 15) is 14.4 Å². The van der Waals surface area contributed by atoms with Gasteiger partial charge in [0, 0.05) is 11.7 Å². The minimum Gasteiger partial charge on any atom is -0.478 e. The molecule has 0 unspecified atom stereocenters. The van der Waals surface area contributed by atoms with Gasteiger partial charge in [-0.2, -0.15) is 0 Å². The van der Waals surface area contributed by atoms with Crippen LogP contribution in [0.1, 0.15) is 29.8 Å². The van der Waals surface area contributed by atoms with Crippen LogP contribution in [0.4, 0.5) is 10.5 Å². The number of nitrogens with two attached hydrogens (primary N) is 1. The predicted octanol–water partition coefficient (Wildman–Crippen LogP) is 1.42. The Labute approximate surface area is 122 Å². The average molecular weight is 293 g/mol. The van der Waals surface area contributed by atoms with E-state index < -0.39 is 17.9 Å². The number of carbonyl (C=O) groups is 3. The fraction of sp³-hybridized carbons (Fsp3) is 0.357. The molecule has 3 amide bonds. The number of urea groups is 1. The molecule has 114 valence electrons. The highest BCUT2D eigenvalue weighted by molar-refractivity contribution is 5.94. The number of nitrogens with one attached hydrogen (secondary N) is 1. The number of primary amides is 1. The summed E-state index contributed by atoms with van der Waals surface area (Å²) in [5.74, 6) is -1.63. The van der Waals surface area contributed by atoms with E-state index in [0.29, 0.717) is 11.3 Å². The molecule has 0 aliphatic rings. The molecule has 4 N–H and O–H groups in total. The number of rotatable bonds is 5. The van der Waals surface area contributed by atoms with Gasteiger partial charge in [-0.1, -0.05) is 0 Å². The van der Waals surface area contributed by atoms with E-state index >= 15 is 0 Å². The number of hydrogen-bond acceptors (Lipinski definition) is 3. The molecule has 0 atom stereocenters. The second-order valence-corrected chi connectivity index (χ2v) is 4.95. The highest BCUT2D eigenvalue weighted by Gasteiger charge is 2.19. The number of aryl methyl sites for hydroxylation is 1. The molecule has 0 bridgehead atoms. The topological polar surface area (TPSA) is 113 Å². The summed E-state index contributed by atoms with van der Waals surface area (Å²) in [5, 5.41) is 11.6. The van der Waals surface area contributed by atoms with E-state index in [-0.39, 0.29) is 18.2 Å². The third kappa shape index (κ3) is 4.48. The van der Waals surface area contributed by atoms with Gasteiger partial charge in [0.15, 0.2) is 0 Å². The van der Waals surface area contributed by atoms with Crippen molar-refractivity contribution in [3.05, 3.63) is 29.3 Å². The first-order valence-corrected chi connectivity index (χ1v) is 6.42. The normalized spacial score (nSPS) is 10.3. The molecule has 7 nitrogen and oxygen atoms in total. The van der Waals surface area contributed by atoms with Crippen LogP contribution in [0.3, 0.4) is 0 Å². The zero-order valence-corrected chi connectivity index (χ0v) is 12.2. The highest BCUT2D eigenvalue weighted by atomic mass is 16.4. The van der Waals surface area contributed by atoms with Crippen LogP contribution < -0.4 is 11.1 Å². The average Bonchev–Trinajstić information content (AvgIpc) is 2.34. The Hall–Kier alpha value is -2.57. The Kier molecular flexibility index (Phi) is 5.29. The first-order valence-electron chi connectivity index (χ1n) is 6.42. The summed E-state index contributed by atoms with van der Waals surface area (Å²) in [4.78, 5) is 35.3. The number of aromatic carboxylic acids is 1. The molecule has 1 aromatic rings. The van der Waals surface area contributed by atoms with Crippen molar-refractivity contribution in [2.24, 2.45) is 5.73 Å². The number of anilines is 1. The van der Waals surface area contributed by atoms with E-state index in [1.54, 1.807) is 26.8 Å². The van der Waals surface area contributed by atoms with Gasteiger partial charge in [0.25, 0.3) is 0 Å². The third-order valence-corrected chi connectivity index (χ3v) is 2.92. The van der Waals surface area contributed by atoms with E-state index in [0.717, 1.165) is 0 Å². The van der Waals surface area contributed by atoms with Crippen molar-refractivity contribution in [2.45, 2.75) is 26.8 Å². The molecular weight excluding hydrogens is 274 g/mol. The fourth-order valence-corrected chi connectivity index (χ4v) is 1.83. The van der Waals surface area contributed by atoms with Gasteiger partial charge in [-0.3, -0.25) is 4.79 Å². The Morgan fingerprint density at radius 3 is 2.38 bits per heavy atom. The first kappa shape index (κ1) is 16.5. The number of benzene rings is 1. The van der Waals surface area contributed by atoms with Crippen LogP contribution in [0, 0.1) is 6.92 Å². The number of carboxylic acid groups (broad SMARTS) is 1. The summed E-state index contributed by atoms with van der Waals surface area (Å²) in [7, 11) is 0. The molecule has 0 saturated carbocycles. The third-order valence-electron chi connectivity index (χ3n) is 2.92. The van der Waals surface area contributed by atoms with Crippen LogP contribution in [0.25, 0.3) is 0 Å². The van der Waals surface area contributed by atoms with Gasteiger partial charge in [-0.25, -0.2) is 9.59 Å². The molecule has 1 aromatic carbocycles. The quantitative estimate of drug-likeness (QED) is 0.762. The summed E-state index contributed by atoms with van der Waals surface area (Å²) in [5.41, 5.74) is 6.28. The van der Waals surface area contributed by atoms with Crippen molar-refractivity contribution in [1.82, 2.24) is 4.90 Å².